The van der Waals surface area contributed by atoms with E-state index in [9.17, 15) is 9.59 Å². The average molecular weight is 532 g/mol. The first-order chi connectivity index (χ1) is 16.5. The van der Waals surface area contributed by atoms with E-state index < -0.39 is 11.6 Å². The van der Waals surface area contributed by atoms with Crippen LogP contribution in [-0.4, -0.2) is 28.3 Å². The first-order valence-corrected chi connectivity index (χ1v) is 12.5. The fraction of sp³-hybridized carbons (Fsp3) is 0.286. The highest BCUT2D eigenvalue weighted by atomic mass is 35.5. The first-order valence-electron chi connectivity index (χ1n) is 11.4. The van der Waals surface area contributed by atoms with Gasteiger partial charge in [0, 0.05) is 23.5 Å². The van der Waals surface area contributed by atoms with E-state index in [0.29, 0.717) is 21.5 Å². The second-order valence-electron chi connectivity index (χ2n) is 9.52. The number of carbonyl (C=O) groups is 2. The van der Waals surface area contributed by atoms with Gasteiger partial charge in [-0.3, -0.25) is 9.59 Å². The van der Waals surface area contributed by atoms with Gasteiger partial charge in [0.2, 0.25) is 11.8 Å². The topological polar surface area (TPSA) is 49.4 Å². The molecule has 4 nitrogen and oxygen atoms in total. The van der Waals surface area contributed by atoms with Crippen molar-refractivity contribution in [2.75, 3.05) is 0 Å². The van der Waals surface area contributed by atoms with Crippen LogP contribution in [0.5, 0.6) is 0 Å². The predicted molar refractivity (Wildman–Crippen MR) is 144 cm³/mol. The quantitative estimate of drug-likeness (QED) is 0.350. The van der Waals surface area contributed by atoms with Gasteiger partial charge in [-0.15, -0.1) is 0 Å². The van der Waals surface area contributed by atoms with E-state index >= 15 is 0 Å². The maximum absolute atomic E-state index is 13.7. The molecular formula is C28H29Cl3N2O2. The minimum absolute atomic E-state index is 0.132. The first kappa shape index (κ1) is 27.1. The lowest BCUT2D eigenvalue weighted by Gasteiger charge is -2.34. The van der Waals surface area contributed by atoms with Gasteiger partial charge in [-0.05, 0) is 61.7 Å². The fourth-order valence-corrected chi connectivity index (χ4v) is 4.17. The summed E-state index contributed by atoms with van der Waals surface area (Å²) in [5.41, 5.74) is 2.10. The fourth-order valence-electron chi connectivity index (χ4n) is 3.72. The molecule has 1 unspecified atom stereocenters. The van der Waals surface area contributed by atoms with Crippen LogP contribution in [0.3, 0.4) is 0 Å². The number of rotatable bonds is 8. The van der Waals surface area contributed by atoms with Crippen molar-refractivity contribution in [1.29, 1.82) is 0 Å². The van der Waals surface area contributed by atoms with Gasteiger partial charge >= 0.3 is 0 Å². The smallest absolute Gasteiger partial charge is 0.243 e. The highest BCUT2D eigenvalue weighted by molar-refractivity contribution is 6.42. The van der Waals surface area contributed by atoms with Gasteiger partial charge in [-0.2, -0.15) is 0 Å². The lowest BCUT2D eigenvalue weighted by atomic mass is 10.00. The van der Waals surface area contributed by atoms with Crippen LogP contribution in [0.15, 0.2) is 72.8 Å². The van der Waals surface area contributed by atoms with Crippen LogP contribution in [0.4, 0.5) is 0 Å². The Morgan fingerprint density at radius 2 is 1.46 bits per heavy atom. The Morgan fingerprint density at radius 1 is 0.829 bits per heavy atom. The molecule has 0 aromatic heterocycles. The molecule has 1 N–H and O–H groups in total. The number of benzene rings is 3. The van der Waals surface area contributed by atoms with Crippen LogP contribution < -0.4 is 5.32 Å². The number of hydrogen-bond acceptors (Lipinski definition) is 2. The Hall–Kier alpha value is -2.53. The zero-order valence-electron chi connectivity index (χ0n) is 20.0. The summed E-state index contributed by atoms with van der Waals surface area (Å²) < 4.78 is 0. The summed E-state index contributed by atoms with van der Waals surface area (Å²) in [6, 6.07) is 21.3. The van der Waals surface area contributed by atoms with E-state index in [1.807, 2.05) is 69.3 Å². The standard InChI is InChI=1S/C28H29Cl3N2O2/c1-28(2,3)32-27(35)25(16-19-7-5-4-6-8-19)33(18-21-11-14-23(30)24(31)15-21)26(34)17-20-9-12-22(29)13-10-20/h4-15,25H,16-18H2,1-3H3,(H,32,35). The Morgan fingerprint density at radius 3 is 2.06 bits per heavy atom. The molecule has 0 heterocycles. The Kier molecular flexibility index (Phi) is 9.23. The van der Waals surface area contributed by atoms with Crippen molar-refractivity contribution in [1.82, 2.24) is 10.2 Å². The summed E-state index contributed by atoms with van der Waals surface area (Å²) in [5, 5.41) is 4.48. The molecule has 3 rings (SSSR count). The third-order valence-electron chi connectivity index (χ3n) is 5.37. The summed E-state index contributed by atoms with van der Waals surface area (Å²) >= 11 is 18.4. The number of amides is 2. The van der Waals surface area contributed by atoms with Gasteiger partial charge in [0.25, 0.3) is 0 Å². The summed E-state index contributed by atoms with van der Waals surface area (Å²) in [6.45, 7) is 5.97. The molecule has 3 aromatic carbocycles. The van der Waals surface area contributed by atoms with E-state index in [0.717, 1.165) is 16.7 Å². The van der Waals surface area contributed by atoms with Crippen molar-refractivity contribution in [3.63, 3.8) is 0 Å². The minimum atomic E-state index is -0.731. The number of hydrogen-bond donors (Lipinski definition) is 1. The number of nitrogens with zero attached hydrogens (tertiary/aromatic N) is 1. The van der Waals surface area contributed by atoms with Gasteiger partial charge < -0.3 is 10.2 Å². The monoisotopic (exact) mass is 530 g/mol. The summed E-state index contributed by atoms with van der Waals surface area (Å²) in [5.74, 6) is -0.394. The van der Waals surface area contributed by atoms with E-state index in [4.69, 9.17) is 34.8 Å². The molecule has 35 heavy (non-hydrogen) atoms. The Labute approximate surface area is 222 Å². The van der Waals surface area contributed by atoms with E-state index in [1.165, 1.54) is 0 Å². The third-order valence-corrected chi connectivity index (χ3v) is 6.37. The van der Waals surface area contributed by atoms with Gasteiger partial charge in [0.05, 0.1) is 16.5 Å². The van der Waals surface area contributed by atoms with Gasteiger partial charge in [-0.25, -0.2) is 0 Å². The highest BCUT2D eigenvalue weighted by Crippen LogP contribution is 2.25. The SMILES string of the molecule is CC(C)(C)NC(=O)C(Cc1ccccc1)N(Cc1ccc(Cl)c(Cl)c1)C(=O)Cc1ccc(Cl)cc1. The Balaban J connectivity index is 2.00. The average Bonchev–Trinajstić information content (AvgIpc) is 2.79. The molecule has 0 saturated heterocycles. The summed E-state index contributed by atoms with van der Waals surface area (Å²) in [7, 11) is 0. The van der Waals surface area contributed by atoms with Gasteiger partial charge in [0.1, 0.15) is 6.04 Å². The van der Waals surface area contributed by atoms with E-state index in [2.05, 4.69) is 5.32 Å². The molecule has 1 atom stereocenters. The van der Waals surface area contributed by atoms with Crippen molar-refractivity contribution >= 4 is 46.6 Å². The molecular weight excluding hydrogens is 503 g/mol. The van der Waals surface area contributed by atoms with Crippen molar-refractivity contribution in [3.05, 3.63) is 105 Å². The second-order valence-corrected chi connectivity index (χ2v) is 10.8. The predicted octanol–water partition coefficient (Wildman–Crippen LogP) is 6.74. The van der Waals surface area contributed by atoms with Gasteiger partial charge in [0.15, 0.2) is 0 Å². The maximum Gasteiger partial charge on any atom is 0.243 e. The van der Waals surface area contributed by atoms with Crippen LogP contribution in [-0.2, 0) is 29.0 Å². The molecule has 0 aliphatic heterocycles. The van der Waals surface area contributed by atoms with E-state index in [-0.39, 0.29) is 24.8 Å². The molecule has 184 valence electrons. The zero-order chi connectivity index (χ0) is 25.6. The molecule has 7 heteroatoms. The Bertz CT molecular complexity index is 1160. The second kappa shape index (κ2) is 11.9. The molecule has 0 aliphatic carbocycles. The number of halogens is 3. The third kappa shape index (κ3) is 8.28. The van der Waals surface area contributed by atoms with Crippen molar-refractivity contribution < 1.29 is 9.59 Å². The molecule has 0 fully saturated rings. The lowest BCUT2D eigenvalue weighted by Crippen LogP contribution is -2.54. The van der Waals surface area contributed by atoms with Crippen LogP contribution in [0.25, 0.3) is 0 Å². The minimum Gasteiger partial charge on any atom is -0.350 e. The van der Waals surface area contributed by atoms with Crippen LogP contribution in [0, 0.1) is 0 Å². The van der Waals surface area contributed by atoms with Crippen molar-refractivity contribution in [3.8, 4) is 0 Å². The summed E-state index contributed by atoms with van der Waals surface area (Å²) in [4.78, 5) is 28.9. The van der Waals surface area contributed by atoms with Crippen molar-refractivity contribution in [2.45, 2.75) is 51.7 Å². The molecule has 0 saturated carbocycles. The van der Waals surface area contributed by atoms with Crippen LogP contribution in [0.1, 0.15) is 37.5 Å². The van der Waals surface area contributed by atoms with Crippen LogP contribution in [0.2, 0.25) is 15.1 Å². The van der Waals surface area contributed by atoms with Crippen LogP contribution >= 0.6 is 34.8 Å². The molecule has 3 aromatic rings. The molecule has 0 spiro atoms. The molecule has 0 aliphatic rings. The molecule has 0 bridgehead atoms. The normalized spacial score (nSPS) is 12.2. The van der Waals surface area contributed by atoms with Gasteiger partial charge in [-0.1, -0.05) is 83.3 Å². The maximum atomic E-state index is 13.7. The lowest BCUT2D eigenvalue weighted by molar-refractivity contribution is -0.141. The highest BCUT2D eigenvalue weighted by Gasteiger charge is 2.32. The molecule has 0 radical (unpaired) electrons. The summed E-state index contributed by atoms with van der Waals surface area (Å²) in [6.07, 6.45) is 0.503. The largest absolute Gasteiger partial charge is 0.350 e. The number of nitrogens with one attached hydrogen (secondary N) is 1. The molecule has 2 amide bonds. The zero-order valence-corrected chi connectivity index (χ0v) is 22.3. The van der Waals surface area contributed by atoms with Crippen molar-refractivity contribution in [2.24, 2.45) is 0 Å². The number of carbonyl (C=O) groups excluding carboxylic acids is 2. The van der Waals surface area contributed by atoms with E-state index in [1.54, 1.807) is 29.2 Å².